The Labute approximate surface area is 94.8 Å². The molecule has 6 heteroatoms. The number of sulfonamides is 1. The normalized spacial score (nSPS) is 10.4. The SMILES string of the molecule is Nc1ccc(S(N)(=O)=O)cc1.[H-].[Na+]. The van der Waals surface area contributed by atoms with Crippen LogP contribution in [0.3, 0.4) is 0 Å². The third-order valence-electron chi connectivity index (χ3n) is 1.21. The van der Waals surface area contributed by atoms with Crippen molar-refractivity contribution in [2.45, 2.75) is 4.90 Å². The molecular weight excluding hydrogens is 187 g/mol. The molecule has 1 aromatic rings. The predicted molar refractivity (Wildman–Crippen MR) is 43.3 cm³/mol. The Kier molecular flexibility index (Phi) is 4.22. The molecule has 12 heavy (non-hydrogen) atoms. The van der Waals surface area contributed by atoms with Gasteiger partial charge in [-0.05, 0) is 24.3 Å². The fourth-order valence-corrected chi connectivity index (χ4v) is 1.17. The topological polar surface area (TPSA) is 86.2 Å². The Hall–Kier alpha value is -0.0700. The maximum absolute atomic E-state index is 10.7. The van der Waals surface area contributed by atoms with Crippen molar-refractivity contribution in [3.8, 4) is 0 Å². The largest absolute Gasteiger partial charge is 1.00 e. The van der Waals surface area contributed by atoms with Crippen LogP contribution in [0, 0.1) is 0 Å². The standard InChI is InChI=1S/C6H8N2O2S.Na.H/c7-5-1-3-6(4-2-5)11(8,9)10;;/h1-4H,7H2,(H2,8,9,10);;/q;+1;-1. The number of anilines is 1. The van der Waals surface area contributed by atoms with Crippen molar-refractivity contribution < 1.29 is 39.4 Å². The van der Waals surface area contributed by atoms with Gasteiger partial charge in [0.1, 0.15) is 0 Å². The number of rotatable bonds is 1. The van der Waals surface area contributed by atoms with Crippen LogP contribution in [-0.2, 0) is 10.0 Å². The molecular formula is C6H9N2NaO2S. The van der Waals surface area contributed by atoms with E-state index in [0.29, 0.717) is 5.69 Å². The third kappa shape index (κ3) is 3.12. The molecule has 4 nitrogen and oxygen atoms in total. The Morgan fingerprint density at radius 1 is 1.17 bits per heavy atom. The molecule has 62 valence electrons. The van der Waals surface area contributed by atoms with Crippen LogP contribution >= 0.6 is 0 Å². The summed E-state index contributed by atoms with van der Waals surface area (Å²) in [7, 11) is -3.58. The van der Waals surface area contributed by atoms with Crippen molar-refractivity contribution >= 4 is 15.7 Å². The van der Waals surface area contributed by atoms with Crippen LogP contribution in [0.4, 0.5) is 5.69 Å². The Balaban J connectivity index is 0. The van der Waals surface area contributed by atoms with Gasteiger partial charge in [0, 0.05) is 5.69 Å². The number of hydrogen-bond donors (Lipinski definition) is 2. The molecule has 0 heterocycles. The number of benzene rings is 1. The molecule has 4 N–H and O–H groups in total. The Bertz CT molecular complexity index is 351. The number of nitrogen functional groups attached to an aromatic ring is 1. The quantitative estimate of drug-likeness (QED) is 0.371. The minimum atomic E-state index is -3.58. The summed E-state index contributed by atoms with van der Waals surface area (Å²) in [5.74, 6) is 0. The second kappa shape index (κ2) is 4.25. The van der Waals surface area contributed by atoms with Crippen LogP contribution in [0.25, 0.3) is 0 Å². The molecule has 0 radical (unpaired) electrons. The molecule has 0 aromatic heterocycles. The second-order valence-electron chi connectivity index (χ2n) is 2.11. The number of hydrogen-bond acceptors (Lipinski definition) is 3. The molecule has 1 aromatic carbocycles. The van der Waals surface area contributed by atoms with E-state index in [0.717, 1.165) is 0 Å². The summed E-state index contributed by atoms with van der Waals surface area (Å²) < 4.78 is 21.4. The fraction of sp³-hybridized carbons (Fsp3) is 0. The summed E-state index contributed by atoms with van der Waals surface area (Å²) in [6, 6.07) is 5.70. The summed E-state index contributed by atoms with van der Waals surface area (Å²) in [4.78, 5) is 0.0756. The third-order valence-corrected chi connectivity index (χ3v) is 2.14. The van der Waals surface area contributed by atoms with Gasteiger partial charge in [-0.25, -0.2) is 13.6 Å². The zero-order chi connectivity index (χ0) is 8.48. The second-order valence-corrected chi connectivity index (χ2v) is 3.68. The molecule has 0 bridgehead atoms. The van der Waals surface area contributed by atoms with Crippen LogP contribution in [-0.4, -0.2) is 8.42 Å². The van der Waals surface area contributed by atoms with E-state index in [1.54, 1.807) is 0 Å². The average molecular weight is 196 g/mol. The van der Waals surface area contributed by atoms with Crippen molar-refractivity contribution in [1.82, 2.24) is 0 Å². The van der Waals surface area contributed by atoms with E-state index in [9.17, 15) is 8.42 Å². The van der Waals surface area contributed by atoms with E-state index in [1.165, 1.54) is 24.3 Å². The molecule has 0 spiro atoms. The summed E-state index contributed by atoms with van der Waals surface area (Å²) in [5, 5.41) is 4.84. The zero-order valence-corrected chi connectivity index (χ0v) is 9.51. The van der Waals surface area contributed by atoms with Crippen molar-refractivity contribution in [1.29, 1.82) is 0 Å². The first-order chi connectivity index (χ1) is 5.00. The Morgan fingerprint density at radius 2 is 1.58 bits per heavy atom. The first-order valence-electron chi connectivity index (χ1n) is 2.88. The van der Waals surface area contributed by atoms with Gasteiger partial charge in [-0.2, -0.15) is 0 Å². The van der Waals surface area contributed by atoms with Crippen LogP contribution in [0.15, 0.2) is 29.2 Å². The summed E-state index contributed by atoms with van der Waals surface area (Å²) in [5.41, 5.74) is 5.85. The summed E-state index contributed by atoms with van der Waals surface area (Å²) in [6.07, 6.45) is 0. The monoisotopic (exact) mass is 196 g/mol. The molecule has 0 saturated heterocycles. The first kappa shape index (κ1) is 11.9. The van der Waals surface area contributed by atoms with Gasteiger partial charge in [0.15, 0.2) is 0 Å². The molecule has 0 fully saturated rings. The van der Waals surface area contributed by atoms with Gasteiger partial charge < -0.3 is 7.16 Å². The molecule has 0 atom stereocenters. The maximum atomic E-state index is 10.7. The van der Waals surface area contributed by atoms with E-state index < -0.39 is 10.0 Å². The predicted octanol–water partition coefficient (Wildman–Crippen LogP) is -2.97. The van der Waals surface area contributed by atoms with Gasteiger partial charge in [0.05, 0.1) is 4.90 Å². The smallest absolute Gasteiger partial charge is 1.00 e. The van der Waals surface area contributed by atoms with Gasteiger partial charge in [-0.1, -0.05) is 0 Å². The van der Waals surface area contributed by atoms with Crippen molar-refractivity contribution in [3.05, 3.63) is 24.3 Å². The molecule has 0 aliphatic heterocycles. The van der Waals surface area contributed by atoms with E-state index in [4.69, 9.17) is 10.9 Å². The summed E-state index contributed by atoms with van der Waals surface area (Å²) in [6.45, 7) is 0. The molecule has 0 unspecified atom stereocenters. The maximum Gasteiger partial charge on any atom is 1.00 e. The minimum absolute atomic E-state index is 0. The van der Waals surface area contributed by atoms with Crippen LogP contribution in [0.5, 0.6) is 0 Å². The van der Waals surface area contributed by atoms with Crippen LogP contribution in [0.1, 0.15) is 1.43 Å². The van der Waals surface area contributed by atoms with Gasteiger partial charge in [-0.15, -0.1) is 0 Å². The zero-order valence-electron chi connectivity index (χ0n) is 7.69. The van der Waals surface area contributed by atoms with Gasteiger partial charge in [-0.3, -0.25) is 0 Å². The van der Waals surface area contributed by atoms with E-state index in [2.05, 4.69) is 0 Å². The van der Waals surface area contributed by atoms with Crippen molar-refractivity contribution in [3.63, 3.8) is 0 Å². The first-order valence-corrected chi connectivity index (χ1v) is 4.43. The van der Waals surface area contributed by atoms with Crippen LogP contribution < -0.4 is 40.4 Å². The van der Waals surface area contributed by atoms with Gasteiger partial charge in [0.2, 0.25) is 10.0 Å². The Morgan fingerprint density at radius 3 is 1.92 bits per heavy atom. The minimum Gasteiger partial charge on any atom is -1.00 e. The van der Waals surface area contributed by atoms with Crippen molar-refractivity contribution in [2.75, 3.05) is 5.73 Å². The van der Waals surface area contributed by atoms with E-state index >= 15 is 0 Å². The molecule has 0 aliphatic rings. The number of nitrogens with two attached hydrogens (primary N) is 2. The van der Waals surface area contributed by atoms with E-state index in [1.807, 2.05) is 0 Å². The van der Waals surface area contributed by atoms with Gasteiger partial charge in [0.25, 0.3) is 0 Å². The van der Waals surface area contributed by atoms with Crippen LogP contribution in [0.2, 0.25) is 0 Å². The van der Waals surface area contributed by atoms with Gasteiger partial charge >= 0.3 is 29.6 Å². The molecule has 1 rings (SSSR count). The van der Waals surface area contributed by atoms with E-state index in [-0.39, 0.29) is 35.9 Å². The average Bonchev–Trinajstić information content (AvgIpc) is 1.86. The number of primary sulfonamides is 1. The molecule has 0 aliphatic carbocycles. The summed E-state index contributed by atoms with van der Waals surface area (Å²) >= 11 is 0. The fourth-order valence-electron chi connectivity index (χ4n) is 0.658. The van der Waals surface area contributed by atoms with Crippen molar-refractivity contribution in [2.24, 2.45) is 5.14 Å². The molecule has 0 amide bonds. The molecule has 0 saturated carbocycles.